The van der Waals surface area contributed by atoms with Gasteiger partial charge in [-0.05, 0) is 17.9 Å². The van der Waals surface area contributed by atoms with Gasteiger partial charge in [-0.25, -0.2) is 4.79 Å². The summed E-state index contributed by atoms with van der Waals surface area (Å²) in [6, 6.07) is 3.97. The summed E-state index contributed by atoms with van der Waals surface area (Å²) in [4.78, 5) is 19.4. The number of nitriles is 1. The van der Waals surface area contributed by atoms with E-state index in [1.807, 2.05) is 6.07 Å². The fourth-order valence-corrected chi connectivity index (χ4v) is 4.26. The number of hydrogen-bond acceptors (Lipinski definition) is 4. The first-order valence-corrected chi connectivity index (χ1v) is 7.90. The summed E-state index contributed by atoms with van der Waals surface area (Å²) in [5.41, 5.74) is 1.09. The van der Waals surface area contributed by atoms with Gasteiger partial charge in [0.15, 0.2) is 0 Å². The second-order valence-electron chi connectivity index (χ2n) is 7.52. The fraction of sp³-hybridized carbons (Fsp3) is 0.588. The Kier molecular flexibility index (Phi) is 3.47. The number of carboxylic acid groups (broad SMARTS) is 1. The minimum atomic E-state index is -0.858. The largest absolute Gasteiger partial charge is 0.465 e. The van der Waals surface area contributed by atoms with Crippen molar-refractivity contribution < 1.29 is 9.90 Å². The summed E-state index contributed by atoms with van der Waals surface area (Å²) in [6.45, 7) is 8.48. The Bertz CT molecular complexity index is 676. The molecule has 0 aliphatic carbocycles. The number of hydrogen-bond donors (Lipinski definition) is 1. The maximum absolute atomic E-state index is 11.5. The van der Waals surface area contributed by atoms with E-state index >= 15 is 0 Å². The van der Waals surface area contributed by atoms with E-state index in [0.29, 0.717) is 24.6 Å². The Morgan fingerprint density at radius 2 is 2.22 bits per heavy atom. The van der Waals surface area contributed by atoms with Crippen LogP contribution in [0.2, 0.25) is 0 Å². The van der Waals surface area contributed by atoms with Crippen molar-refractivity contribution in [1.29, 1.82) is 5.26 Å². The third kappa shape index (κ3) is 2.23. The number of carbonyl (C=O) groups is 1. The lowest BCUT2D eigenvalue weighted by molar-refractivity contribution is -0.0311. The van der Waals surface area contributed by atoms with Crippen LogP contribution in [0, 0.1) is 22.7 Å². The second-order valence-corrected chi connectivity index (χ2v) is 7.52. The molecule has 0 bridgehead atoms. The molecule has 2 atom stereocenters. The number of pyridine rings is 1. The highest BCUT2D eigenvalue weighted by atomic mass is 16.4. The van der Waals surface area contributed by atoms with E-state index < -0.39 is 6.09 Å². The van der Waals surface area contributed by atoms with Crippen LogP contribution in [0.25, 0.3) is 0 Å². The number of fused-ring (bicyclic) bond motifs is 1. The highest BCUT2D eigenvalue weighted by Gasteiger charge is 2.62. The maximum Gasteiger partial charge on any atom is 0.407 e. The zero-order chi connectivity index (χ0) is 16.8. The molecule has 1 amide bonds. The van der Waals surface area contributed by atoms with Gasteiger partial charge in [0.25, 0.3) is 0 Å². The lowest BCUT2D eigenvalue weighted by Gasteiger charge is -2.68. The Morgan fingerprint density at radius 3 is 2.83 bits per heavy atom. The lowest BCUT2D eigenvalue weighted by Crippen LogP contribution is -2.79. The highest BCUT2D eigenvalue weighted by molar-refractivity contribution is 5.66. The molecule has 1 aromatic rings. The van der Waals surface area contributed by atoms with Gasteiger partial charge in [0.1, 0.15) is 6.07 Å². The molecule has 1 N–H and O–H groups in total. The van der Waals surface area contributed by atoms with E-state index in [4.69, 9.17) is 5.26 Å². The van der Waals surface area contributed by atoms with E-state index in [1.54, 1.807) is 12.4 Å². The molecule has 2 aliphatic rings. The first kappa shape index (κ1) is 15.6. The van der Waals surface area contributed by atoms with Crippen LogP contribution in [0.4, 0.5) is 10.5 Å². The minimum Gasteiger partial charge on any atom is -0.465 e. The molecule has 23 heavy (non-hydrogen) atoms. The van der Waals surface area contributed by atoms with Gasteiger partial charge in [-0.3, -0.25) is 4.98 Å². The first-order chi connectivity index (χ1) is 10.8. The first-order valence-electron chi connectivity index (χ1n) is 7.90. The zero-order valence-electron chi connectivity index (χ0n) is 13.8. The molecular weight excluding hydrogens is 292 g/mol. The van der Waals surface area contributed by atoms with Gasteiger partial charge in [0.05, 0.1) is 23.0 Å². The molecule has 2 aliphatic heterocycles. The standard InChI is InChI=1S/C17H22N4O2/c1-16(2,3)17-11-20(15(22)23)5-4-13(17)10-21(17)14-6-12(7-18)8-19-9-14/h6,8-9,13H,4-5,10-11H2,1-3H3,(H,22,23)/t13-,17+/m1/s1. The molecule has 3 heterocycles. The van der Waals surface area contributed by atoms with Crippen LogP contribution in [-0.2, 0) is 0 Å². The summed E-state index contributed by atoms with van der Waals surface area (Å²) in [6.07, 6.45) is 3.34. The molecule has 0 spiro atoms. The molecule has 6 heteroatoms. The molecule has 0 radical (unpaired) electrons. The molecular formula is C17H22N4O2. The van der Waals surface area contributed by atoms with Crippen LogP contribution in [0.1, 0.15) is 32.8 Å². The number of likely N-dealkylation sites (tertiary alicyclic amines) is 1. The van der Waals surface area contributed by atoms with Crippen LogP contribution in [-0.4, -0.2) is 46.3 Å². The Morgan fingerprint density at radius 1 is 1.48 bits per heavy atom. The third-order valence-electron chi connectivity index (χ3n) is 5.47. The Labute approximate surface area is 136 Å². The van der Waals surface area contributed by atoms with Gasteiger partial charge in [-0.2, -0.15) is 5.26 Å². The minimum absolute atomic E-state index is 0.0906. The average Bonchev–Trinajstić information content (AvgIpc) is 2.47. The molecule has 0 aromatic carbocycles. The molecule has 0 unspecified atom stereocenters. The van der Waals surface area contributed by atoms with Crippen LogP contribution in [0.5, 0.6) is 0 Å². The van der Waals surface area contributed by atoms with Crippen LogP contribution < -0.4 is 4.90 Å². The summed E-state index contributed by atoms with van der Waals surface area (Å²) < 4.78 is 0. The van der Waals surface area contributed by atoms with Crippen molar-refractivity contribution in [3.05, 3.63) is 24.0 Å². The number of aromatic nitrogens is 1. The summed E-state index contributed by atoms with van der Waals surface area (Å²) in [5.74, 6) is 0.462. The van der Waals surface area contributed by atoms with Crippen LogP contribution in [0.15, 0.2) is 18.5 Å². The van der Waals surface area contributed by atoms with Crippen molar-refractivity contribution in [3.63, 3.8) is 0 Å². The SMILES string of the molecule is CC(C)(C)[C@]12CN(C(=O)O)CC[C@@H]1CN2c1cncc(C#N)c1. The molecule has 0 saturated carbocycles. The van der Waals surface area contributed by atoms with E-state index in [9.17, 15) is 9.90 Å². The van der Waals surface area contributed by atoms with Gasteiger partial charge in [0, 0.05) is 31.7 Å². The molecule has 122 valence electrons. The normalized spacial score (nSPS) is 27.0. The topological polar surface area (TPSA) is 80.5 Å². The van der Waals surface area contributed by atoms with Gasteiger partial charge in [-0.15, -0.1) is 0 Å². The van der Waals surface area contributed by atoms with Crippen LogP contribution in [0.3, 0.4) is 0 Å². The van der Waals surface area contributed by atoms with Crippen molar-refractivity contribution in [1.82, 2.24) is 9.88 Å². The number of amides is 1. The number of piperidine rings is 1. The molecule has 3 rings (SSSR count). The number of anilines is 1. The van der Waals surface area contributed by atoms with Crippen molar-refractivity contribution in [2.75, 3.05) is 24.5 Å². The smallest absolute Gasteiger partial charge is 0.407 e. The summed E-state index contributed by atoms with van der Waals surface area (Å²) in [7, 11) is 0. The fourth-order valence-electron chi connectivity index (χ4n) is 4.26. The van der Waals surface area contributed by atoms with Crippen LogP contribution >= 0.6 is 0 Å². The number of rotatable bonds is 1. The molecule has 2 saturated heterocycles. The maximum atomic E-state index is 11.5. The quantitative estimate of drug-likeness (QED) is 0.861. The van der Waals surface area contributed by atoms with Crippen molar-refractivity contribution in [3.8, 4) is 6.07 Å². The van der Waals surface area contributed by atoms with Gasteiger partial charge >= 0.3 is 6.09 Å². The van der Waals surface area contributed by atoms with Gasteiger partial charge in [-0.1, -0.05) is 20.8 Å². The van der Waals surface area contributed by atoms with Crippen molar-refractivity contribution in [2.24, 2.45) is 11.3 Å². The second kappa shape index (κ2) is 5.12. The average molecular weight is 314 g/mol. The summed E-state index contributed by atoms with van der Waals surface area (Å²) in [5, 5.41) is 18.5. The van der Waals surface area contributed by atoms with Gasteiger partial charge < -0.3 is 14.9 Å². The van der Waals surface area contributed by atoms with E-state index in [0.717, 1.165) is 18.7 Å². The molecule has 2 fully saturated rings. The third-order valence-corrected chi connectivity index (χ3v) is 5.47. The van der Waals surface area contributed by atoms with E-state index in [2.05, 4.69) is 36.7 Å². The predicted octanol–water partition coefficient (Wildman–Crippen LogP) is 2.56. The number of nitrogens with zero attached hydrogens (tertiary/aromatic N) is 4. The Hall–Kier alpha value is -2.29. The molecule has 6 nitrogen and oxygen atoms in total. The zero-order valence-corrected chi connectivity index (χ0v) is 13.8. The Balaban J connectivity index is 2.02. The van der Waals surface area contributed by atoms with E-state index in [-0.39, 0.29) is 11.0 Å². The predicted molar refractivity (Wildman–Crippen MR) is 86.2 cm³/mol. The summed E-state index contributed by atoms with van der Waals surface area (Å²) >= 11 is 0. The van der Waals surface area contributed by atoms with Crippen molar-refractivity contribution >= 4 is 11.8 Å². The monoisotopic (exact) mass is 314 g/mol. The van der Waals surface area contributed by atoms with E-state index in [1.165, 1.54) is 4.90 Å². The van der Waals surface area contributed by atoms with Gasteiger partial charge in [0.2, 0.25) is 0 Å². The highest BCUT2D eigenvalue weighted by Crippen LogP contribution is 2.54. The van der Waals surface area contributed by atoms with Crippen molar-refractivity contribution in [2.45, 2.75) is 32.7 Å². The molecule has 1 aromatic heterocycles. The lowest BCUT2D eigenvalue weighted by atomic mass is 9.57.